The smallest absolute Gasteiger partial charge is 0 e. The predicted molar refractivity (Wildman–Crippen MR) is 26.1 cm³/mol. The van der Waals surface area contributed by atoms with Crippen LogP contribution in [0.3, 0.4) is 0 Å². The van der Waals surface area contributed by atoms with Gasteiger partial charge < -0.3 is 0 Å². The van der Waals surface area contributed by atoms with E-state index in [1.54, 1.807) is 0 Å². The molecular formula is C3H10AuPRu. The fourth-order valence-electron chi connectivity index (χ4n) is 0. The molecule has 0 bridgehead atoms. The van der Waals surface area contributed by atoms with Crippen LogP contribution in [0.25, 0.3) is 0 Å². The van der Waals surface area contributed by atoms with Crippen LogP contribution >= 0.6 is 5.15 Å². The normalized spacial score (nSPS) is 12.8. The minimum atomic E-state index is -0.667. The van der Waals surface area contributed by atoms with Crippen LogP contribution in [0.15, 0.2) is 0 Å². The molecule has 0 saturated carbocycles. The first-order chi connectivity index (χ1) is 2.00. The van der Waals surface area contributed by atoms with Crippen LogP contribution in [-0.4, -0.2) is 20.0 Å². The van der Waals surface area contributed by atoms with E-state index in [4.69, 9.17) is 0 Å². The Kier molecular flexibility index (Phi) is 6.71. The van der Waals surface area contributed by atoms with Gasteiger partial charge in [0.2, 0.25) is 0 Å². The van der Waals surface area contributed by atoms with Crippen molar-refractivity contribution in [2.24, 2.45) is 0 Å². The van der Waals surface area contributed by atoms with Crippen molar-refractivity contribution < 1.29 is 40.0 Å². The van der Waals surface area contributed by atoms with Gasteiger partial charge >= 0.3 is 45.7 Å². The maximum Gasteiger partial charge on any atom is 0 e. The first kappa shape index (κ1) is 10.7. The van der Waals surface area contributed by atoms with Gasteiger partial charge in [0, 0.05) is 19.5 Å². The molecule has 0 radical (unpaired) electrons. The maximum atomic E-state index is 2.68. The van der Waals surface area contributed by atoms with E-state index in [-0.39, 0.29) is 19.5 Å². The van der Waals surface area contributed by atoms with Crippen molar-refractivity contribution in [3.63, 3.8) is 0 Å². The summed E-state index contributed by atoms with van der Waals surface area (Å²) >= 11 is 2.68. The predicted octanol–water partition coefficient (Wildman–Crippen LogP) is 1.08. The van der Waals surface area contributed by atoms with Gasteiger partial charge in [0.1, 0.15) is 0 Å². The fraction of sp³-hybridized carbons (Fsp3) is 1.00. The third-order valence-electron chi connectivity index (χ3n) is 0. The van der Waals surface area contributed by atoms with Gasteiger partial charge in [-0.05, 0) is 0 Å². The average Bonchev–Trinajstić information content (AvgIpc) is 0.722. The molecule has 6 heavy (non-hydrogen) atoms. The standard InChI is InChI=1S/C3H9P.Au.Ru/c1-4(2)3;;/h1-3H3;;/q;-1;/p+1. The van der Waals surface area contributed by atoms with Gasteiger partial charge in [-0.1, -0.05) is 0 Å². The van der Waals surface area contributed by atoms with Crippen LogP contribution in [0.4, 0.5) is 0 Å². The number of hydrogen-bond acceptors (Lipinski definition) is 0. The molecule has 0 atom stereocenters. The Balaban J connectivity index is 0. The van der Waals surface area contributed by atoms with Gasteiger partial charge in [-0.3, -0.25) is 0 Å². The van der Waals surface area contributed by atoms with Crippen LogP contribution < -0.4 is 0 Å². The van der Waals surface area contributed by atoms with Crippen molar-refractivity contribution in [2.75, 3.05) is 20.0 Å². The molecule has 0 unspecified atom stereocenters. The zero-order valence-corrected chi connectivity index (χ0v) is 9.06. The van der Waals surface area contributed by atoms with Gasteiger partial charge in [0.05, 0.1) is 0 Å². The molecular weight excluding hydrogens is 365 g/mol. The zero-order valence-electron chi connectivity index (χ0n) is 4.16. The van der Waals surface area contributed by atoms with Crippen molar-refractivity contribution in [1.82, 2.24) is 0 Å². The molecule has 0 N–H and O–H groups in total. The molecule has 0 aromatic carbocycles. The Bertz CT molecular complexity index is 26.3. The molecule has 0 aliphatic rings. The molecule has 0 aromatic rings. The summed E-state index contributed by atoms with van der Waals surface area (Å²) in [6.45, 7) is 6.91. The Hall–Kier alpha value is 1.79. The molecule has 0 rings (SSSR count). The van der Waals surface area contributed by atoms with Crippen molar-refractivity contribution >= 4 is 5.15 Å². The summed E-state index contributed by atoms with van der Waals surface area (Å²) in [7, 11) is 0. The van der Waals surface area contributed by atoms with E-state index in [0.717, 1.165) is 0 Å². The summed E-state index contributed by atoms with van der Waals surface area (Å²) in [5.74, 6) is 0. The Morgan fingerprint density at radius 3 is 1.17 bits per heavy atom. The van der Waals surface area contributed by atoms with Crippen molar-refractivity contribution in [1.29, 1.82) is 0 Å². The van der Waals surface area contributed by atoms with E-state index in [1.807, 2.05) is 0 Å². The van der Waals surface area contributed by atoms with E-state index < -0.39 is 5.15 Å². The second kappa shape index (κ2) is 3.75. The molecule has 0 spiro atoms. The topological polar surface area (TPSA) is 0 Å². The first-order valence-electron chi connectivity index (χ1n) is 1.65. The number of hydrogen-bond donors (Lipinski definition) is 0. The quantitative estimate of drug-likeness (QED) is 0.439. The molecule has 0 nitrogen and oxygen atoms in total. The summed E-state index contributed by atoms with van der Waals surface area (Å²) < 4.78 is 0. The van der Waals surface area contributed by atoms with E-state index in [9.17, 15) is 0 Å². The molecule has 0 fully saturated rings. The van der Waals surface area contributed by atoms with E-state index in [1.165, 1.54) is 0 Å². The molecule has 0 aromatic heterocycles. The van der Waals surface area contributed by atoms with Crippen LogP contribution in [0.5, 0.6) is 0 Å². The minimum Gasteiger partial charge on any atom is 0 e. The molecule has 0 aliphatic heterocycles. The SMILES string of the molecule is C[PH](C)(C)[Au].[Ru]. The maximum absolute atomic E-state index is 2.68. The van der Waals surface area contributed by atoms with Gasteiger partial charge in [-0.25, -0.2) is 0 Å². The molecule has 0 saturated heterocycles. The monoisotopic (exact) mass is 376 g/mol. The Morgan fingerprint density at radius 2 is 1.17 bits per heavy atom. The van der Waals surface area contributed by atoms with Gasteiger partial charge in [0.25, 0.3) is 0 Å². The second-order valence-corrected chi connectivity index (χ2v) is 15.6. The van der Waals surface area contributed by atoms with E-state index in [2.05, 4.69) is 40.5 Å². The van der Waals surface area contributed by atoms with E-state index in [0.29, 0.717) is 0 Å². The van der Waals surface area contributed by atoms with Crippen LogP contribution in [0.1, 0.15) is 0 Å². The molecule has 46 valence electrons. The van der Waals surface area contributed by atoms with Crippen molar-refractivity contribution in [2.45, 2.75) is 0 Å². The van der Waals surface area contributed by atoms with Crippen LogP contribution in [-0.2, 0) is 40.0 Å². The van der Waals surface area contributed by atoms with Crippen LogP contribution in [0, 0.1) is 0 Å². The first-order valence-corrected chi connectivity index (χ1v) is 8.20. The minimum absolute atomic E-state index is 0. The van der Waals surface area contributed by atoms with E-state index >= 15 is 0 Å². The molecule has 0 amide bonds. The van der Waals surface area contributed by atoms with Gasteiger partial charge in [-0.2, -0.15) is 0 Å². The largest absolute Gasteiger partial charge is 0 e. The zero-order chi connectivity index (χ0) is 4.50. The Morgan fingerprint density at radius 1 is 1.17 bits per heavy atom. The van der Waals surface area contributed by atoms with Crippen molar-refractivity contribution in [3.8, 4) is 0 Å². The second-order valence-electron chi connectivity index (χ2n) is 1.95. The van der Waals surface area contributed by atoms with Crippen molar-refractivity contribution in [3.05, 3.63) is 0 Å². The number of rotatable bonds is 0. The van der Waals surface area contributed by atoms with Crippen LogP contribution in [0.2, 0.25) is 0 Å². The summed E-state index contributed by atoms with van der Waals surface area (Å²) in [4.78, 5) is 0. The Labute approximate surface area is 64.9 Å². The summed E-state index contributed by atoms with van der Waals surface area (Å²) in [6.07, 6.45) is 0. The van der Waals surface area contributed by atoms with Gasteiger partial charge in [0.15, 0.2) is 0 Å². The molecule has 0 heterocycles. The fourth-order valence-corrected chi connectivity index (χ4v) is 0. The molecule has 0 aliphatic carbocycles. The molecule has 3 heteroatoms. The van der Waals surface area contributed by atoms with Gasteiger partial charge in [-0.15, -0.1) is 0 Å². The summed E-state index contributed by atoms with van der Waals surface area (Å²) in [6, 6.07) is 0. The summed E-state index contributed by atoms with van der Waals surface area (Å²) in [5, 5.41) is -0.667. The third-order valence-corrected chi connectivity index (χ3v) is 0. The average molecular weight is 375 g/mol. The summed E-state index contributed by atoms with van der Waals surface area (Å²) in [5.41, 5.74) is 0. The third kappa shape index (κ3) is 41.4.